The molecule has 0 aliphatic carbocycles. The van der Waals surface area contributed by atoms with E-state index in [0.717, 1.165) is 48.1 Å². The maximum Gasteiger partial charge on any atom is 0.255 e. The van der Waals surface area contributed by atoms with Crippen molar-refractivity contribution in [2.24, 2.45) is 0 Å². The third-order valence-corrected chi connectivity index (χ3v) is 6.27. The van der Waals surface area contributed by atoms with Gasteiger partial charge in [0.2, 0.25) is 0 Å². The normalized spacial score (nSPS) is 14.5. The molecule has 1 aliphatic heterocycles. The zero-order chi connectivity index (χ0) is 21.8. The number of nitrogens with one attached hydrogen (secondary N) is 1. The summed E-state index contributed by atoms with van der Waals surface area (Å²) in [6.07, 6.45) is 0. The Hall–Kier alpha value is -2.90. The summed E-state index contributed by atoms with van der Waals surface area (Å²) >= 11 is 1.60. The van der Waals surface area contributed by atoms with Crippen LogP contribution in [0.4, 0.5) is 11.4 Å². The molecular formula is C24H28N4O2S. The van der Waals surface area contributed by atoms with Gasteiger partial charge in [-0.3, -0.25) is 4.79 Å². The number of hydrogen-bond donors (Lipinski definition) is 1. The van der Waals surface area contributed by atoms with E-state index in [4.69, 9.17) is 4.74 Å². The number of carbonyl (C=O) groups is 1. The van der Waals surface area contributed by atoms with Crippen molar-refractivity contribution in [1.29, 1.82) is 0 Å². The molecule has 4 rings (SSSR count). The molecule has 1 aliphatic rings. The Bertz CT molecular complexity index is 1060. The minimum Gasteiger partial charge on any atom is -0.487 e. The molecule has 162 valence electrons. The number of piperazine rings is 1. The number of aromatic nitrogens is 1. The molecular weight excluding hydrogens is 408 g/mol. The number of aryl methyl sites for hydroxylation is 2. The van der Waals surface area contributed by atoms with Crippen LogP contribution in [-0.2, 0) is 6.61 Å². The second kappa shape index (κ2) is 9.49. The molecule has 1 saturated heterocycles. The lowest BCUT2D eigenvalue weighted by atomic mass is 10.1. The maximum atomic E-state index is 12.8. The second-order valence-corrected chi connectivity index (χ2v) is 8.98. The van der Waals surface area contributed by atoms with Crippen molar-refractivity contribution < 1.29 is 9.53 Å². The molecule has 0 bridgehead atoms. The molecule has 3 aromatic rings. The van der Waals surface area contributed by atoms with E-state index in [2.05, 4.69) is 40.1 Å². The highest BCUT2D eigenvalue weighted by molar-refractivity contribution is 7.09. The van der Waals surface area contributed by atoms with Crippen LogP contribution in [-0.4, -0.2) is 49.0 Å². The average molecular weight is 437 g/mol. The zero-order valence-electron chi connectivity index (χ0n) is 18.2. The lowest BCUT2D eigenvalue weighted by molar-refractivity contribution is 0.102. The second-order valence-electron chi connectivity index (χ2n) is 7.92. The zero-order valence-corrected chi connectivity index (χ0v) is 19.0. The van der Waals surface area contributed by atoms with E-state index in [1.165, 1.54) is 5.69 Å². The van der Waals surface area contributed by atoms with Crippen LogP contribution in [0.5, 0.6) is 5.75 Å². The van der Waals surface area contributed by atoms with Gasteiger partial charge in [0.25, 0.3) is 5.91 Å². The first-order valence-electron chi connectivity index (χ1n) is 10.5. The fourth-order valence-corrected chi connectivity index (χ4v) is 4.29. The number of ether oxygens (including phenoxy) is 1. The van der Waals surface area contributed by atoms with Crippen LogP contribution in [0, 0.1) is 13.8 Å². The van der Waals surface area contributed by atoms with E-state index in [9.17, 15) is 4.79 Å². The van der Waals surface area contributed by atoms with Crippen molar-refractivity contribution in [3.63, 3.8) is 0 Å². The highest BCUT2D eigenvalue weighted by Gasteiger charge is 2.16. The predicted octanol–water partition coefficient (Wildman–Crippen LogP) is 4.34. The van der Waals surface area contributed by atoms with E-state index in [1.807, 2.05) is 36.6 Å². The number of rotatable bonds is 6. The average Bonchev–Trinajstić information content (AvgIpc) is 3.18. The third-order valence-electron chi connectivity index (χ3n) is 5.45. The Morgan fingerprint density at radius 3 is 2.65 bits per heavy atom. The summed E-state index contributed by atoms with van der Waals surface area (Å²) in [6, 6.07) is 13.4. The molecule has 0 saturated carbocycles. The summed E-state index contributed by atoms with van der Waals surface area (Å²) in [4.78, 5) is 21.9. The highest BCUT2D eigenvalue weighted by atomic mass is 32.1. The van der Waals surface area contributed by atoms with Crippen molar-refractivity contribution >= 4 is 28.6 Å². The van der Waals surface area contributed by atoms with E-state index < -0.39 is 0 Å². The molecule has 1 fully saturated rings. The fraction of sp³-hybridized carbons (Fsp3) is 0.333. The summed E-state index contributed by atoms with van der Waals surface area (Å²) in [6.45, 7) is 8.64. The highest BCUT2D eigenvalue weighted by Crippen LogP contribution is 2.25. The Kier molecular flexibility index (Phi) is 6.53. The monoisotopic (exact) mass is 436 g/mol. The van der Waals surface area contributed by atoms with E-state index >= 15 is 0 Å². The summed E-state index contributed by atoms with van der Waals surface area (Å²) in [5, 5.41) is 6.01. The van der Waals surface area contributed by atoms with Crippen LogP contribution in [0.25, 0.3) is 0 Å². The molecule has 2 aromatic carbocycles. The van der Waals surface area contributed by atoms with Crippen molar-refractivity contribution in [3.8, 4) is 5.75 Å². The van der Waals surface area contributed by atoms with Gasteiger partial charge in [0.05, 0.1) is 10.7 Å². The number of thiazole rings is 1. The van der Waals surface area contributed by atoms with E-state index in [0.29, 0.717) is 17.9 Å². The first-order chi connectivity index (χ1) is 15.0. The van der Waals surface area contributed by atoms with Crippen LogP contribution >= 0.6 is 11.3 Å². The summed E-state index contributed by atoms with van der Waals surface area (Å²) < 4.78 is 5.81. The molecule has 0 radical (unpaired) electrons. The van der Waals surface area contributed by atoms with Crippen LogP contribution in [0.3, 0.4) is 0 Å². The number of anilines is 2. The summed E-state index contributed by atoms with van der Waals surface area (Å²) in [5.74, 6) is 0.501. The molecule has 7 heteroatoms. The van der Waals surface area contributed by atoms with Crippen LogP contribution in [0.1, 0.15) is 26.6 Å². The van der Waals surface area contributed by atoms with E-state index in [-0.39, 0.29) is 5.91 Å². The number of amides is 1. The molecule has 1 aromatic heterocycles. The molecule has 0 atom stereocenters. The SMILES string of the molecule is Cc1nc(COc2cccc(C(=O)Nc3ccc(N4CCN(C)CC4)c(C)c3)c2)cs1. The molecule has 1 N–H and O–H groups in total. The molecule has 1 amide bonds. The maximum absolute atomic E-state index is 12.8. The fourth-order valence-electron chi connectivity index (χ4n) is 3.70. The van der Waals surface area contributed by atoms with Gasteiger partial charge in [-0.1, -0.05) is 6.07 Å². The summed E-state index contributed by atoms with van der Waals surface area (Å²) in [5.41, 5.74) is 4.66. The van der Waals surface area contributed by atoms with E-state index in [1.54, 1.807) is 23.5 Å². The van der Waals surface area contributed by atoms with Crippen molar-refractivity contribution in [2.45, 2.75) is 20.5 Å². The van der Waals surface area contributed by atoms with Crippen molar-refractivity contribution in [2.75, 3.05) is 43.4 Å². The minimum absolute atomic E-state index is 0.151. The van der Waals surface area contributed by atoms with Gasteiger partial charge >= 0.3 is 0 Å². The number of likely N-dealkylation sites (N-methyl/N-ethyl adjacent to an activating group) is 1. The molecule has 31 heavy (non-hydrogen) atoms. The number of carbonyl (C=O) groups excluding carboxylic acids is 1. The lowest BCUT2D eigenvalue weighted by Gasteiger charge is -2.35. The van der Waals surface area contributed by atoms with Crippen LogP contribution < -0.4 is 15.0 Å². The van der Waals surface area contributed by atoms with Crippen molar-refractivity contribution in [1.82, 2.24) is 9.88 Å². The van der Waals surface area contributed by atoms with Gasteiger partial charge in [-0.2, -0.15) is 0 Å². The quantitative estimate of drug-likeness (QED) is 0.623. The molecule has 6 nitrogen and oxygen atoms in total. The van der Waals surface area contributed by atoms with Crippen LogP contribution in [0.2, 0.25) is 0 Å². The first kappa shape index (κ1) is 21.3. The summed E-state index contributed by atoms with van der Waals surface area (Å²) in [7, 11) is 2.16. The van der Waals surface area contributed by atoms with Gasteiger partial charge in [0, 0.05) is 48.5 Å². The Balaban J connectivity index is 1.39. The minimum atomic E-state index is -0.151. The smallest absolute Gasteiger partial charge is 0.255 e. The number of nitrogens with zero attached hydrogens (tertiary/aromatic N) is 3. The molecule has 0 unspecified atom stereocenters. The standard InChI is InChI=1S/C24H28N4O2S/c1-17-13-20(7-8-23(17)28-11-9-27(3)10-12-28)26-24(29)19-5-4-6-22(14-19)30-15-21-16-31-18(2)25-21/h4-8,13-14,16H,9-12,15H2,1-3H3,(H,26,29). The number of hydrogen-bond acceptors (Lipinski definition) is 6. The Morgan fingerprint density at radius 2 is 1.94 bits per heavy atom. The van der Waals surface area contributed by atoms with Gasteiger partial charge in [-0.15, -0.1) is 11.3 Å². The van der Waals surface area contributed by atoms with Gasteiger partial charge in [0.1, 0.15) is 12.4 Å². The van der Waals surface area contributed by atoms with Crippen LogP contribution in [0.15, 0.2) is 47.8 Å². The van der Waals surface area contributed by atoms with Gasteiger partial charge in [0.15, 0.2) is 0 Å². The number of benzene rings is 2. The molecule has 0 spiro atoms. The Labute approximate surface area is 187 Å². The lowest BCUT2D eigenvalue weighted by Crippen LogP contribution is -2.44. The van der Waals surface area contributed by atoms with Gasteiger partial charge in [-0.25, -0.2) is 4.98 Å². The van der Waals surface area contributed by atoms with Gasteiger partial charge < -0.3 is 19.9 Å². The van der Waals surface area contributed by atoms with Gasteiger partial charge in [-0.05, 0) is 62.9 Å². The molecule has 2 heterocycles. The third kappa shape index (κ3) is 5.42. The topological polar surface area (TPSA) is 57.7 Å². The first-order valence-corrected chi connectivity index (χ1v) is 11.4. The predicted molar refractivity (Wildman–Crippen MR) is 126 cm³/mol. The largest absolute Gasteiger partial charge is 0.487 e. The van der Waals surface area contributed by atoms with Crippen molar-refractivity contribution in [3.05, 3.63) is 69.7 Å². The Morgan fingerprint density at radius 1 is 1.13 bits per heavy atom.